The van der Waals surface area contributed by atoms with E-state index in [2.05, 4.69) is 41.5 Å². The van der Waals surface area contributed by atoms with E-state index in [0.717, 1.165) is 26.2 Å². The second-order valence-corrected chi connectivity index (χ2v) is 6.62. The van der Waals surface area contributed by atoms with Crippen LogP contribution in [0.25, 0.3) is 10.9 Å². The zero-order chi connectivity index (χ0) is 14.3. The fourth-order valence-electron chi connectivity index (χ4n) is 4.24. The lowest BCUT2D eigenvalue weighted by Crippen LogP contribution is -2.59. The Hall–Kier alpha value is -1.39. The van der Waals surface area contributed by atoms with Crippen LogP contribution in [-0.4, -0.2) is 39.9 Å². The molecule has 1 aromatic carbocycles. The zero-order valence-corrected chi connectivity index (χ0v) is 12.8. The molecule has 1 aromatic heterocycles. The molecule has 0 unspecified atom stereocenters. The van der Waals surface area contributed by atoms with Crippen LogP contribution in [0, 0.1) is 0 Å². The van der Waals surface area contributed by atoms with E-state index in [0.29, 0.717) is 5.54 Å². The summed E-state index contributed by atoms with van der Waals surface area (Å²) >= 11 is 0. The normalized spacial score (nSPS) is 22.3. The summed E-state index contributed by atoms with van der Waals surface area (Å²) in [6.45, 7) is 4.39. The molecule has 0 amide bonds. The number of para-hydroxylation sites is 1. The van der Waals surface area contributed by atoms with E-state index in [-0.39, 0.29) is 0 Å². The number of hydrogen-bond acceptors (Lipinski definition) is 3. The fourth-order valence-corrected chi connectivity index (χ4v) is 4.24. The molecule has 4 heteroatoms. The number of aromatic nitrogens is 2. The predicted octanol–water partition coefficient (Wildman–Crippen LogP) is 2.29. The minimum Gasteiger partial charge on any atom is -0.314 e. The van der Waals surface area contributed by atoms with Crippen LogP contribution in [0.2, 0.25) is 0 Å². The number of nitrogens with one attached hydrogen (secondary N) is 1. The first kappa shape index (κ1) is 13.3. The van der Waals surface area contributed by atoms with E-state index in [1.165, 1.54) is 42.3 Å². The van der Waals surface area contributed by atoms with Crippen molar-refractivity contribution in [3.05, 3.63) is 30.0 Å². The molecule has 1 saturated heterocycles. The predicted molar refractivity (Wildman–Crippen MR) is 85.2 cm³/mol. The molecule has 0 radical (unpaired) electrons. The van der Waals surface area contributed by atoms with Crippen LogP contribution >= 0.6 is 0 Å². The van der Waals surface area contributed by atoms with Gasteiger partial charge in [-0.1, -0.05) is 31.0 Å². The average molecular weight is 284 g/mol. The Kier molecular flexibility index (Phi) is 3.23. The monoisotopic (exact) mass is 284 g/mol. The number of fused-ring (bicyclic) bond motifs is 1. The van der Waals surface area contributed by atoms with Crippen molar-refractivity contribution in [3.63, 3.8) is 0 Å². The Morgan fingerprint density at radius 1 is 1.24 bits per heavy atom. The van der Waals surface area contributed by atoms with Gasteiger partial charge in [-0.2, -0.15) is 5.10 Å². The summed E-state index contributed by atoms with van der Waals surface area (Å²) in [6.07, 6.45) is 5.43. The third-order valence-corrected chi connectivity index (χ3v) is 5.39. The topological polar surface area (TPSA) is 33.1 Å². The first-order valence-corrected chi connectivity index (χ1v) is 8.15. The molecule has 112 valence electrons. The van der Waals surface area contributed by atoms with Crippen molar-refractivity contribution in [1.82, 2.24) is 20.0 Å². The van der Waals surface area contributed by atoms with Crippen molar-refractivity contribution >= 4 is 10.9 Å². The second kappa shape index (κ2) is 5.11. The van der Waals surface area contributed by atoms with Gasteiger partial charge in [-0.15, -0.1) is 0 Å². The number of nitrogens with zero attached hydrogens (tertiary/aromatic N) is 3. The number of aryl methyl sites for hydroxylation is 1. The maximum atomic E-state index is 4.79. The molecule has 1 aliphatic carbocycles. The van der Waals surface area contributed by atoms with Gasteiger partial charge in [0, 0.05) is 44.2 Å². The quantitative estimate of drug-likeness (QED) is 0.918. The standard InChI is InChI=1S/C17H24N4/c1-20-16-7-3-2-6-14(16)15(19-20)12-21-11-10-18-13-17(21)8-4-5-9-17/h2-3,6-7,18H,4-5,8-13H2,1H3. The van der Waals surface area contributed by atoms with Crippen LogP contribution in [0.5, 0.6) is 0 Å². The van der Waals surface area contributed by atoms with Gasteiger partial charge in [0.25, 0.3) is 0 Å². The van der Waals surface area contributed by atoms with Gasteiger partial charge < -0.3 is 5.32 Å². The highest BCUT2D eigenvalue weighted by Gasteiger charge is 2.41. The lowest BCUT2D eigenvalue weighted by Gasteiger charge is -2.45. The fraction of sp³-hybridized carbons (Fsp3) is 0.588. The third-order valence-electron chi connectivity index (χ3n) is 5.39. The molecule has 4 nitrogen and oxygen atoms in total. The minimum atomic E-state index is 0.386. The third kappa shape index (κ3) is 2.17. The van der Waals surface area contributed by atoms with Crippen molar-refractivity contribution in [3.8, 4) is 0 Å². The van der Waals surface area contributed by atoms with Gasteiger partial charge >= 0.3 is 0 Å². The summed E-state index contributed by atoms with van der Waals surface area (Å²) in [5.41, 5.74) is 2.86. The van der Waals surface area contributed by atoms with Crippen molar-refractivity contribution in [2.45, 2.75) is 37.8 Å². The lowest BCUT2D eigenvalue weighted by atomic mass is 9.92. The molecule has 1 saturated carbocycles. The molecule has 0 atom stereocenters. The smallest absolute Gasteiger partial charge is 0.0843 e. The van der Waals surface area contributed by atoms with Crippen LogP contribution in [0.1, 0.15) is 31.4 Å². The summed E-state index contributed by atoms with van der Waals surface area (Å²) in [5, 5.41) is 9.71. The molecule has 0 bridgehead atoms. The van der Waals surface area contributed by atoms with Gasteiger partial charge in [-0.3, -0.25) is 9.58 Å². The Balaban J connectivity index is 1.67. The molecule has 1 spiro atoms. The molecule has 2 aliphatic rings. The molecule has 1 N–H and O–H groups in total. The second-order valence-electron chi connectivity index (χ2n) is 6.62. The largest absolute Gasteiger partial charge is 0.314 e. The van der Waals surface area contributed by atoms with Crippen LogP contribution in [0.4, 0.5) is 0 Å². The number of rotatable bonds is 2. The van der Waals surface area contributed by atoms with E-state index in [1.54, 1.807) is 0 Å². The Labute approximate surface area is 126 Å². The molecule has 4 rings (SSSR count). The van der Waals surface area contributed by atoms with Crippen LogP contribution < -0.4 is 5.32 Å². The number of piperazine rings is 1. The molecule has 2 aromatic rings. The van der Waals surface area contributed by atoms with Crippen molar-refractivity contribution in [1.29, 1.82) is 0 Å². The molecular formula is C17H24N4. The van der Waals surface area contributed by atoms with Gasteiger partial charge in [0.1, 0.15) is 0 Å². The van der Waals surface area contributed by atoms with Crippen molar-refractivity contribution in [2.75, 3.05) is 19.6 Å². The zero-order valence-electron chi connectivity index (χ0n) is 12.8. The number of hydrogen-bond donors (Lipinski definition) is 1. The summed E-state index contributed by atoms with van der Waals surface area (Å²) in [6, 6.07) is 8.59. The van der Waals surface area contributed by atoms with E-state index < -0.39 is 0 Å². The van der Waals surface area contributed by atoms with E-state index in [9.17, 15) is 0 Å². The Morgan fingerprint density at radius 3 is 2.90 bits per heavy atom. The SMILES string of the molecule is Cn1nc(CN2CCNCC23CCCC3)c2ccccc21. The number of benzene rings is 1. The Bertz CT molecular complexity index is 639. The van der Waals surface area contributed by atoms with E-state index in [1.807, 2.05) is 4.68 Å². The van der Waals surface area contributed by atoms with E-state index >= 15 is 0 Å². The molecule has 21 heavy (non-hydrogen) atoms. The van der Waals surface area contributed by atoms with E-state index in [4.69, 9.17) is 5.10 Å². The molecule has 1 aliphatic heterocycles. The highest BCUT2D eigenvalue weighted by Crippen LogP contribution is 2.37. The summed E-state index contributed by atoms with van der Waals surface area (Å²) in [7, 11) is 2.05. The minimum absolute atomic E-state index is 0.386. The van der Waals surface area contributed by atoms with Gasteiger partial charge in [-0.05, 0) is 18.9 Å². The van der Waals surface area contributed by atoms with Gasteiger partial charge in [0.15, 0.2) is 0 Å². The van der Waals surface area contributed by atoms with Gasteiger partial charge in [0.2, 0.25) is 0 Å². The average Bonchev–Trinajstić information content (AvgIpc) is 3.09. The molecular weight excluding hydrogens is 260 g/mol. The highest BCUT2D eigenvalue weighted by atomic mass is 15.3. The first-order chi connectivity index (χ1) is 10.3. The summed E-state index contributed by atoms with van der Waals surface area (Å²) in [4.78, 5) is 2.70. The summed E-state index contributed by atoms with van der Waals surface area (Å²) in [5.74, 6) is 0. The first-order valence-electron chi connectivity index (χ1n) is 8.15. The summed E-state index contributed by atoms with van der Waals surface area (Å²) < 4.78 is 2.02. The maximum absolute atomic E-state index is 4.79. The van der Waals surface area contributed by atoms with Crippen LogP contribution in [0.3, 0.4) is 0 Å². The van der Waals surface area contributed by atoms with Crippen LogP contribution in [0.15, 0.2) is 24.3 Å². The highest BCUT2D eigenvalue weighted by molar-refractivity contribution is 5.81. The maximum Gasteiger partial charge on any atom is 0.0843 e. The van der Waals surface area contributed by atoms with Crippen LogP contribution in [-0.2, 0) is 13.6 Å². The van der Waals surface area contributed by atoms with Gasteiger partial charge in [-0.25, -0.2) is 0 Å². The van der Waals surface area contributed by atoms with Crippen molar-refractivity contribution < 1.29 is 0 Å². The Morgan fingerprint density at radius 2 is 2.05 bits per heavy atom. The van der Waals surface area contributed by atoms with Crippen molar-refractivity contribution in [2.24, 2.45) is 7.05 Å². The molecule has 2 fully saturated rings. The van der Waals surface area contributed by atoms with Gasteiger partial charge in [0.05, 0.1) is 11.2 Å². The molecule has 2 heterocycles. The lowest BCUT2D eigenvalue weighted by molar-refractivity contribution is 0.0563.